The summed E-state index contributed by atoms with van der Waals surface area (Å²) in [4.78, 5) is 0. The molecule has 0 fully saturated rings. The van der Waals surface area contributed by atoms with Crippen molar-refractivity contribution < 1.29 is 4.48 Å². The van der Waals surface area contributed by atoms with Crippen LogP contribution in [-0.4, -0.2) is 16.3 Å². The van der Waals surface area contributed by atoms with Gasteiger partial charge in [0.25, 0.3) is 0 Å². The number of hydrogen-bond acceptors (Lipinski definition) is 2. The molecule has 0 radical (unpaired) electrons. The van der Waals surface area contributed by atoms with E-state index in [-0.39, 0.29) is 0 Å². The van der Waals surface area contributed by atoms with Gasteiger partial charge in [-0.05, 0) is 6.42 Å². The maximum absolute atomic E-state index is 12.8. The van der Waals surface area contributed by atoms with Crippen molar-refractivity contribution in [2.75, 3.05) is 11.7 Å². The Morgan fingerprint density at radius 2 is 2.40 bits per heavy atom. The second-order valence-corrected chi connectivity index (χ2v) is 2.35. The van der Waals surface area contributed by atoms with Crippen LogP contribution in [0.2, 0.25) is 0 Å². The van der Waals surface area contributed by atoms with Gasteiger partial charge in [0.1, 0.15) is 0 Å². The highest BCUT2D eigenvalue weighted by molar-refractivity contribution is 5.35. The van der Waals surface area contributed by atoms with E-state index in [1.807, 2.05) is 0 Å². The van der Waals surface area contributed by atoms with Crippen LogP contribution in [0.3, 0.4) is 0 Å². The number of aryl methyl sites for hydroxylation is 1. The molecule has 0 aliphatic carbocycles. The number of fused-ring (bicyclic) bond motifs is 1. The summed E-state index contributed by atoms with van der Waals surface area (Å²) in [5.74, 6) is 0.575. The van der Waals surface area contributed by atoms with E-state index < -0.39 is 0 Å². The smallest absolute Gasteiger partial charge is 0.155 e. The van der Waals surface area contributed by atoms with Gasteiger partial charge in [0, 0.05) is 12.6 Å². The summed E-state index contributed by atoms with van der Waals surface area (Å²) in [5, 5.41) is 4.67. The van der Waals surface area contributed by atoms with Crippen molar-refractivity contribution in [2.45, 2.75) is 13.0 Å². The molecule has 2 rings (SSSR count). The maximum Gasteiger partial charge on any atom is 0.155 e. The average Bonchev–Trinajstić information content (AvgIpc) is 2.36. The average molecular weight is 141 g/mol. The Morgan fingerprint density at radius 1 is 1.50 bits per heavy atom. The minimum absolute atomic E-state index is 0.492. The van der Waals surface area contributed by atoms with Crippen LogP contribution < -0.4 is 5.12 Å². The lowest BCUT2D eigenvalue weighted by atomic mass is 10.3. The first-order valence-corrected chi connectivity index (χ1v) is 3.33. The Morgan fingerprint density at radius 3 is 3.20 bits per heavy atom. The first-order valence-electron chi connectivity index (χ1n) is 3.33. The lowest BCUT2D eigenvalue weighted by Gasteiger charge is -2.19. The van der Waals surface area contributed by atoms with Gasteiger partial charge in [0.05, 0.1) is 12.7 Å². The molecule has 1 aliphatic rings. The summed E-state index contributed by atoms with van der Waals surface area (Å²) in [5.41, 5.74) is 0. The Balaban J connectivity index is 2.41. The summed E-state index contributed by atoms with van der Waals surface area (Å²) < 4.78 is 14.5. The number of hydrogen-bond donors (Lipinski definition) is 0. The van der Waals surface area contributed by atoms with E-state index in [1.165, 1.54) is 0 Å². The molecule has 0 amide bonds. The van der Waals surface area contributed by atoms with Crippen LogP contribution in [0.25, 0.3) is 0 Å². The van der Waals surface area contributed by atoms with E-state index >= 15 is 0 Å². The van der Waals surface area contributed by atoms with E-state index in [0.29, 0.717) is 12.4 Å². The fourth-order valence-electron chi connectivity index (χ4n) is 1.18. The number of halogens is 1. The molecule has 0 N–H and O–H groups in total. The van der Waals surface area contributed by atoms with Gasteiger partial charge in [0.2, 0.25) is 0 Å². The molecule has 0 saturated carbocycles. The molecule has 2 heterocycles. The Kier molecular flexibility index (Phi) is 1.12. The predicted molar refractivity (Wildman–Crippen MR) is 35.3 cm³/mol. The van der Waals surface area contributed by atoms with Crippen molar-refractivity contribution in [1.29, 1.82) is 0 Å². The van der Waals surface area contributed by atoms with Crippen molar-refractivity contribution in [3.63, 3.8) is 0 Å². The van der Waals surface area contributed by atoms with Crippen molar-refractivity contribution in [3.8, 4) is 0 Å². The second-order valence-electron chi connectivity index (χ2n) is 2.35. The Bertz CT molecular complexity index is 233. The van der Waals surface area contributed by atoms with Crippen LogP contribution in [0.5, 0.6) is 0 Å². The normalized spacial score (nSPS) is 17.1. The van der Waals surface area contributed by atoms with Gasteiger partial charge in [-0.3, -0.25) is 0 Å². The molecule has 54 valence electrons. The molecule has 0 spiro atoms. The molecule has 0 atom stereocenters. The van der Waals surface area contributed by atoms with Crippen molar-refractivity contribution in [3.05, 3.63) is 12.3 Å². The van der Waals surface area contributed by atoms with Gasteiger partial charge in [-0.2, -0.15) is 10.2 Å². The molecule has 10 heavy (non-hydrogen) atoms. The molecule has 1 aliphatic heterocycles. The highest BCUT2D eigenvalue weighted by Gasteiger charge is 2.15. The van der Waals surface area contributed by atoms with Gasteiger partial charge in [-0.1, -0.05) is 4.48 Å². The molecule has 1 aromatic heterocycles. The van der Waals surface area contributed by atoms with Gasteiger partial charge >= 0.3 is 0 Å². The summed E-state index contributed by atoms with van der Waals surface area (Å²) >= 11 is 0. The van der Waals surface area contributed by atoms with E-state index in [9.17, 15) is 4.48 Å². The predicted octanol–water partition coefficient (Wildman–Crippen LogP) is 0.978. The molecule has 0 saturated heterocycles. The third kappa shape index (κ3) is 0.683. The van der Waals surface area contributed by atoms with Crippen LogP contribution in [0.4, 0.5) is 10.3 Å². The number of rotatable bonds is 0. The minimum Gasteiger partial charge on any atom is -0.248 e. The number of nitrogens with zero attached hydrogens (tertiary/aromatic N) is 3. The van der Waals surface area contributed by atoms with Crippen LogP contribution in [0.1, 0.15) is 6.42 Å². The Labute approximate surface area is 58.0 Å². The van der Waals surface area contributed by atoms with Gasteiger partial charge in [-0.25, -0.2) is 4.68 Å². The summed E-state index contributed by atoms with van der Waals surface area (Å²) in [6.45, 7) is 1.33. The summed E-state index contributed by atoms with van der Waals surface area (Å²) in [6, 6.07) is 1.68. The fourth-order valence-corrected chi connectivity index (χ4v) is 1.18. The van der Waals surface area contributed by atoms with E-state index in [0.717, 1.165) is 18.1 Å². The van der Waals surface area contributed by atoms with Crippen LogP contribution in [0, 0.1) is 0 Å². The first kappa shape index (κ1) is 5.70. The monoisotopic (exact) mass is 141 g/mol. The zero-order valence-corrected chi connectivity index (χ0v) is 5.50. The van der Waals surface area contributed by atoms with E-state index in [1.54, 1.807) is 16.9 Å². The van der Waals surface area contributed by atoms with Gasteiger partial charge in [-0.15, -0.1) is 0 Å². The van der Waals surface area contributed by atoms with Crippen LogP contribution >= 0.6 is 0 Å². The topological polar surface area (TPSA) is 21.1 Å². The molecule has 3 nitrogen and oxygen atoms in total. The Hall–Kier alpha value is -1.06. The highest BCUT2D eigenvalue weighted by Crippen LogP contribution is 2.18. The third-order valence-corrected chi connectivity index (χ3v) is 1.67. The fraction of sp³-hybridized carbons (Fsp3) is 0.500. The van der Waals surface area contributed by atoms with Gasteiger partial charge < -0.3 is 0 Å². The molecule has 0 unspecified atom stereocenters. The molecule has 4 heteroatoms. The highest BCUT2D eigenvalue weighted by atomic mass is 19.2. The standard InChI is InChI=1S/C6H8FN3/c7-9-4-1-5-10-6(9)2-3-8-10/h2-3H,1,4-5H2. The molecular formula is C6H8FN3. The SMILES string of the molecule is FN1CCCn2nccc21. The largest absolute Gasteiger partial charge is 0.248 e. The van der Waals surface area contributed by atoms with E-state index in [4.69, 9.17) is 0 Å². The maximum atomic E-state index is 12.8. The molecule has 0 bridgehead atoms. The van der Waals surface area contributed by atoms with E-state index in [2.05, 4.69) is 5.10 Å². The zero-order valence-electron chi connectivity index (χ0n) is 5.50. The van der Waals surface area contributed by atoms with Crippen LogP contribution in [-0.2, 0) is 6.54 Å². The first-order chi connectivity index (χ1) is 4.88. The van der Waals surface area contributed by atoms with Crippen molar-refractivity contribution in [1.82, 2.24) is 9.78 Å². The quantitative estimate of drug-likeness (QED) is 0.502. The summed E-state index contributed by atoms with van der Waals surface area (Å²) in [6.07, 6.45) is 2.46. The third-order valence-electron chi connectivity index (χ3n) is 1.67. The second kappa shape index (κ2) is 1.97. The number of anilines is 1. The molecule has 1 aromatic rings. The van der Waals surface area contributed by atoms with Crippen molar-refractivity contribution >= 4 is 5.82 Å². The minimum atomic E-state index is 0.492. The molecule has 0 aromatic carbocycles. The van der Waals surface area contributed by atoms with Crippen molar-refractivity contribution in [2.24, 2.45) is 0 Å². The lowest BCUT2D eigenvalue weighted by Crippen LogP contribution is -2.24. The lowest BCUT2D eigenvalue weighted by molar-refractivity contribution is 0.368. The summed E-state index contributed by atoms with van der Waals surface area (Å²) in [7, 11) is 0. The molecular weight excluding hydrogens is 133 g/mol. The zero-order chi connectivity index (χ0) is 6.97. The van der Waals surface area contributed by atoms with Crippen LogP contribution in [0.15, 0.2) is 12.3 Å². The number of aromatic nitrogens is 2. The van der Waals surface area contributed by atoms with Gasteiger partial charge in [0.15, 0.2) is 5.82 Å².